The Labute approximate surface area is 94.4 Å². The predicted molar refractivity (Wildman–Crippen MR) is 59.8 cm³/mol. The number of carbonyl (C=O) groups is 1. The molecule has 0 amide bonds. The van der Waals surface area contributed by atoms with Gasteiger partial charge < -0.3 is 10.1 Å². The average Bonchev–Trinajstić information content (AvgIpc) is 2.26. The van der Waals surface area contributed by atoms with Crippen LogP contribution in [0.2, 0.25) is 5.02 Å². The van der Waals surface area contributed by atoms with Crippen LogP contribution in [0.5, 0.6) is 0 Å². The summed E-state index contributed by atoms with van der Waals surface area (Å²) >= 11 is 5.96. The van der Waals surface area contributed by atoms with E-state index in [-0.39, 0.29) is 12.0 Å². The summed E-state index contributed by atoms with van der Waals surface area (Å²) in [5.41, 5.74) is 0.968. The highest BCUT2D eigenvalue weighted by Gasteiger charge is 2.12. The normalized spacial score (nSPS) is 12.2. The van der Waals surface area contributed by atoms with Gasteiger partial charge in [0.05, 0.1) is 7.11 Å². The molecule has 0 saturated carbocycles. The van der Waals surface area contributed by atoms with Crippen molar-refractivity contribution in [1.82, 2.24) is 5.32 Å². The van der Waals surface area contributed by atoms with Crippen LogP contribution in [0.25, 0.3) is 0 Å². The van der Waals surface area contributed by atoms with Crippen molar-refractivity contribution < 1.29 is 9.53 Å². The molecular formula is C11H14ClNO2. The molecule has 0 saturated heterocycles. The van der Waals surface area contributed by atoms with Gasteiger partial charge in [-0.2, -0.15) is 0 Å². The molecule has 0 heterocycles. The maximum Gasteiger partial charge on any atom is 0.322 e. The summed E-state index contributed by atoms with van der Waals surface area (Å²) in [6.45, 7) is 2.30. The van der Waals surface area contributed by atoms with Crippen LogP contribution in [0.3, 0.4) is 0 Å². The van der Waals surface area contributed by atoms with E-state index in [1.807, 2.05) is 24.3 Å². The van der Waals surface area contributed by atoms with Gasteiger partial charge in [-0.1, -0.05) is 29.8 Å². The van der Waals surface area contributed by atoms with Crippen molar-refractivity contribution in [2.75, 3.05) is 7.11 Å². The molecule has 0 aliphatic carbocycles. The molecule has 0 radical (unpaired) electrons. The molecule has 0 aliphatic heterocycles. The summed E-state index contributed by atoms with van der Waals surface area (Å²) in [6, 6.07) is 7.19. The number of hydrogen-bond donors (Lipinski definition) is 1. The van der Waals surface area contributed by atoms with Gasteiger partial charge in [0, 0.05) is 11.6 Å². The fourth-order valence-corrected chi connectivity index (χ4v) is 1.37. The van der Waals surface area contributed by atoms with E-state index in [4.69, 9.17) is 11.6 Å². The Morgan fingerprint density at radius 1 is 1.53 bits per heavy atom. The first-order valence-electron chi connectivity index (χ1n) is 4.69. The highest BCUT2D eigenvalue weighted by atomic mass is 35.5. The Morgan fingerprint density at radius 3 is 2.80 bits per heavy atom. The Morgan fingerprint density at radius 2 is 2.20 bits per heavy atom. The zero-order valence-electron chi connectivity index (χ0n) is 8.79. The molecule has 0 aromatic heterocycles. The molecule has 82 valence electrons. The van der Waals surface area contributed by atoms with E-state index in [0.29, 0.717) is 11.6 Å². The van der Waals surface area contributed by atoms with Crippen molar-refractivity contribution in [1.29, 1.82) is 0 Å². The van der Waals surface area contributed by atoms with E-state index in [2.05, 4.69) is 10.1 Å². The summed E-state index contributed by atoms with van der Waals surface area (Å²) in [7, 11) is 1.37. The Kier molecular flexibility index (Phi) is 4.59. The van der Waals surface area contributed by atoms with E-state index in [1.165, 1.54) is 7.11 Å². The maximum atomic E-state index is 11.1. The molecule has 4 heteroatoms. The molecule has 1 atom stereocenters. The molecule has 1 N–H and O–H groups in total. The molecule has 0 fully saturated rings. The summed E-state index contributed by atoms with van der Waals surface area (Å²) in [5, 5.41) is 3.73. The van der Waals surface area contributed by atoms with E-state index < -0.39 is 0 Å². The quantitative estimate of drug-likeness (QED) is 0.800. The van der Waals surface area contributed by atoms with Crippen LogP contribution in [0.15, 0.2) is 24.3 Å². The summed E-state index contributed by atoms with van der Waals surface area (Å²) in [5.74, 6) is -0.276. The molecule has 0 spiro atoms. The number of ether oxygens (including phenoxy) is 1. The lowest BCUT2D eigenvalue weighted by atomic mass is 10.2. The lowest BCUT2D eigenvalue weighted by molar-refractivity contribution is -0.142. The zero-order valence-corrected chi connectivity index (χ0v) is 9.54. The number of halogens is 1. The standard InChI is InChI=1S/C11H14ClNO2/c1-8(11(14)15-2)13-7-9-5-3-4-6-10(9)12/h3-6,8,13H,7H2,1-2H3/t8-/m0/s1. The fraction of sp³-hybridized carbons (Fsp3) is 0.364. The number of methoxy groups -OCH3 is 1. The van der Waals surface area contributed by atoms with Crippen molar-refractivity contribution in [3.05, 3.63) is 34.9 Å². The monoisotopic (exact) mass is 227 g/mol. The van der Waals surface area contributed by atoms with Crippen molar-refractivity contribution in [3.8, 4) is 0 Å². The SMILES string of the molecule is COC(=O)[C@H](C)NCc1ccccc1Cl. The Hall–Kier alpha value is -1.06. The molecule has 0 unspecified atom stereocenters. The first-order valence-corrected chi connectivity index (χ1v) is 5.07. The minimum atomic E-state index is -0.328. The van der Waals surface area contributed by atoms with Crippen LogP contribution in [0.1, 0.15) is 12.5 Å². The molecule has 0 aliphatic rings. The Bertz CT molecular complexity index is 341. The number of hydrogen-bond acceptors (Lipinski definition) is 3. The van der Waals surface area contributed by atoms with Gasteiger partial charge in [0.1, 0.15) is 6.04 Å². The Balaban J connectivity index is 2.50. The van der Waals surface area contributed by atoms with Gasteiger partial charge in [0.25, 0.3) is 0 Å². The second kappa shape index (κ2) is 5.73. The van der Waals surface area contributed by atoms with Crippen molar-refractivity contribution in [2.24, 2.45) is 0 Å². The van der Waals surface area contributed by atoms with Crippen LogP contribution in [-0.4, -0.2) is 19.1 Å². The second-order valence-electron chi connectivity index (χ2n) is 3.22. The molecular weight excluding hydrogens is 214 g/mol. The van der Waals surface area contributed by atoms with E-state index in [1.54, 1.807) is 6.92 Å². The lowest BCUT2D eigenvalue weighted by Gasteiger charge is -2.11. The molecule has 1 rings (SSSR count). The van der Waals surface area contributed by atoms with E-state index in [9.17, 15) is 4.79 Å². The predicted octanol–water partition coefficient (Wildman–Crippen LogP) is 1.99. The molecule has 3 nitrogen and oxygen atoms in total. The number of rotatable bonds is 4. The van der Waals surface area contributed by atoms with Crippen LogP contribution in [0, 0.1) is 0 Å². The van der Waals surface area contributed by atoms with Crippen LogP contribution in [0.4, 0.5) is 0 Å². The highest BCUT2D eigenvalue weighted by molar-refractivity contribution is 6.31. The van der Waals surface area contributed by atoms with Gasteiger partial charge in [0.15, 0.2) is 0 Å². The minimum absolute atomic E-state index is 0.276. The average molecular weight is 228 g/mol. The van der Waals surface area contributed by atoms with E-state index in [0.717, 1.165) is 5.56 Å². The van der Waals surface area contributed by atoms with Gasteiger partial charge in [-0.25, -0.2) is 0 Å². The van der Waals surface area contributed by atoms with Crippen molar-refractivity contribution in [3.63, 3.8) is 0 Å². The van der Waals surface area contributed by atoms with E-state index >= 15 is 0 Å². The summed E-state index contributed by atoms with van der Waals surface area (Å²) in [4.78, 5) is 11.1. The third-order valence-corrected chi connectivity index (χ3v) is 2.48. The number of esters is 1. The van der Waals surface area contributed by atoms with Gasteiger partial charge in [-0.3, -0.25) is 4.79 Å². The third-order valence-electron chi connectivity index (χ3n) is 2.11. The van der Waals surface area contributed by atoms with Crippen LogP contribution >= 0.6 is 11.6 Å². The first kappa shape index (κ1) is 12.0. The molecule has 0 bridgehead atoms. The van der Waals surface area contributed by atoms with Crippen LogP contribution < -0.4 is 5.32 Å². The molecule has 1 aromatic rings. The molecule has 15 heavy (non-hydrogen) atoms. The van der Waals surface area contributed by atoms with Crippen LogP contribution in [-0.2, 0) is 16.1 Å². The first-order chi connectivity index (χ1) is 7.15. The van der Waals surface area contributed by atoms with Crippen molar-refractivity contribution >= 4 is 17.6 Å². The fourth-order valence-electron chi connectivity index (χ4n) is 1.16. The number of nitrogens with one attached hydrogen (secondary N) is 1. The second-order valence-corrected chi connectivity index (χ2v) is 3.62. The summed E-state index contributed by atoms with van der Waals surface area (Å²) < 4.78 is 4.60. The smallest absolute Gasteiger partial charge is 0.322 e. The van der Waals surface area contributed by atoms with Gasteiger partial charge in [0.2, 0.25) is 0 Å². The highest BCUT2D eigenvalue weighted by Crippen LogP contribution is 2.14. The zero-order chi connectivity index (χ0) is 11.3. The van der Waals surface area contributed by atoms with Gasteiger partial charge in [-0.05, 0) is 18.6 Å². The lowest BCUT2D eigenvalue weighted by Crippen LogP contribution is -2.34. The van der Waals surface area contributed by atoms with Gasteiger partial charge in [-0.15, -0.1) is 0 Å². The number of carbonyl (C=O) groups excluding carboxylic acids is 1. The molecule has 1 aromatic carbocycles. The largest absolute Gasteiger partial charge is 0.468 e. The summed E-state index contributed by atoms with van der Waals surface area (Å²) in [6.07, 6.45) is 0. The third kappa shape index (κ3) is 3.53. The van der Waals surface area contributed by atoms with Crippen molar-refractivity contribution in [2.45, 2.75) is 19.5 Å². The topological polar surface area (TPSA) is 38.3 Å². The van der Waals surface area contributed by atoms with Gasteiger partial charge >= 0.3 is 5.97 Å². The number of benzene rings is 1. The maximum absolute atomic E-state index is 11.1. The minimum Gasteiger partial charge on any atom is -0.468 e.